The minimum atomic E-state index is -0.0663. The summed E-state index contributed by atoms with van der Waals surface area (Å²) in [7, 11) is 3.44. The highest BCUT2D eigenvalue weighted by Crippen LogP contribution is 2.27. The molecule has 0 bridgehead atoms. The minimum absolute atomic E-state index is 0.0393. The van der Waals surface area contributed by atoms with Crippen LogP contribution in [-0.2, 0) is 11.8 Å². The Balaban J connectivity index is 1.71. The van der Waals surface area contributed by atoms with Gasteiger partial charge in [0.15, 0.2) is 5.65 Å². The van der Waals surface area contributed by atoms with Gasteiger partial charge in [0.2, 0.25) is 5.91 Å². The summed E-state index contributed by atoms with van der Waals surface area (Å²) in [6, 6.07) is 9.40. The molecule has 0 atom stereocenters. The van der Waals surface area contributed by atoms with Gasteiger partial charge in [-0.05, 0) is 30.3 Å². The second-order valence-electron chi connectivity index (χ2n) is 7.09. The molecule has 29 heavy (non-hydrogen) atoms. The van der Waals surface area contributed by atoms with Crippen LogP contribution in [0.3, 0.4) is 0 Å². The second kappa shape index (κ2) is 7.54. The Morgan fingerprint density at radius 1 is 1.03 bits per heavy atom. The first-order chi connectivity index (χ1) is 14.0. The minimum Gasteiger partial charge on any atom is -0.497 e. The van der Waals surface area contributed by atoms with E-state index in [0.29, 0.717) is 43.1 Å². The van der Waals surface area contributed by atoms with Crippen LogP contribution in [0.25, 0.3) is 22.3 Å². The highest BCUT2D eigenvalue weighted by Gasteiger charge is 2.26. The molecule has 0 N–H and O–H groups in total. The zero-order valence-corrected chi connectivity index (χ0v) is 16.8. The van der Waals surface area contributed by atoms with Crippen LogP contribution in [0.15, 0.2) is 36.5 Å². The van der Waals surface area contributed by atoms with Crippen molar-refractivity contribution in [1.82, 2.24) is 24.6 Å². The van der Waals surface area contributed by atoms with E-state index in [9.17, 15) is 9.59 Å². The maximum Gasteiger partial charge on any atom is 0.254 e. The van der Waals surface area contributed by atoms with Crippen molar-refractivity contribution in [3.8, 4) is 17.0 Å². The van der Waals surface area contributed by atoms with Crippen LogP contribution in [0.5, 0.6) is 5.75 Å². The normalized spacial score (nSPS) is 14.3. The van der Waals surface area contributed by atoms with Crippen molar-refractivity contribution in [1.29, 1.82) is 0 Å². The molecule has 8 nitrogen and oxygen atoms in total. The van der Waals surface area contributed by atoms with Crippen molar-refractivity contribution in [2.24, 2.45) is 7.05 Å². The Kier molecular flexibility index (Phi) is 4.92. The van der Waals surface area contributed by atoms with Gasteiger partial charge in [-0.2, -0.15) is 5.10 Å². The second-order valence-corrected chi connectivity index (χ2v) is 7.09. The molecule has 1 aromatic carbocycles. The monoisotopic (exact) mass is 393 g/mol. The highest BCUT2D eigenvalue weighted by molar-refractivity contribution is 6.06. The largest absolute Gasteiger partial charge is 0.497 e. The van der Waals surface area contributed by atoms with Crippen molar-refractivity contribution >= 4 is 22.8 Å². The molecule has 3 aromatic rings. The van der Waals surface area contributed by atoms with Crippen LogP contribution in [-0.4, -0.2) is 69.7 Å². The average molecular weight is 393 g/mol. The summed E-state index contributed by atoms with van der Waals surface area (Å²) in [6.45, 7) is 3.68. The molecule has 1 aliphatic rings. The lowest BCUT2D eigenvalue weighted by Crippen LogP contribution is -2.50. The molecule has 0 saturated carbocycles. The number of fused-ring (bicyclic) bond motifs is 1. The molecule has 1 fully saturated rings. The first-order valence-electron chi connectivity index (χ1n) is 9.50. The number of piperazine rings is 1. The van der Waals surface area contributed by atoms with Crippen LogP contribution in [0.4, 0.5) is 0 Å². The van der Waals surface area contributed by atoms with Gasteiger partial charge in [0.25, 0.3) is 5.91 Å². The van der Waals surface area contributed by atoms with Gasteiger partial charge < -0.3 is 14.5 Å². The molecule has 2 aromatic heterocycles. The number of carbonyl (C=O) groups is 2. The lowest BCUT2D eigenvalue weighted by molar-refractivity contribution is -0.130. The number of ether oxygens (including phenoxy) is 1. The summed E-state index contributed by atoms with van der Waals surface area (Å²) < 4.78 is 6.90. The summed E-state index contributed by atoms with van der Waals surface area (Å²) in [5, 5.41) is 5.02. The van der Waals surface area contributed by atoms with Gasteiger partial charge in [0.1, 0.15) is 5.75 Å². The van der Waals surface area contributed by atoms with Crippen LogP contribution < -0.4 is 4.74 Å². The molecule has 3 heterocycles. The van der Waals surface area contributed by atoms with E-state index in [0.717, 1.165) is 16.7 Å². The molecule has 0 aliphatic carbocycles. The number of aromatic nitrogens is 3. The SMILES string of the molecule is COc1ccc(-c2cc(C(=O)N3CCN(C(C)=O)CC3)c3cnn(C)c3n2)cc1. The van der Waals surface area contributed by atoms with Gasteiger partial charge in [0, 0.05) is 45.7 Å². The number of carbonyl (C=O) groups excluding carboxylic acids is 2. The maximum absolute atomic E-state index is 13.3. The number of hydrogen-bond donors (Lipinski definition) is 0. The summed E-state index contributed by atoms with van der Waals surface area (Å²) >= 11 is 0. The number of benzene rings is 1. The van der Waals surface area contributed by atoms with Gasteiger partial charge in [-0.15, -0.1) is 0 Å². The molecular weight excluding hydrogens is 370 g/mol. The third-order valence-corrected chi connectivity index (χ3v) is 5.33. The van der Waals surface area contributed by atoms with E-state index in [1.165, 1.54) is 0 Å². The van der Waals surface area contributed by atoms with E-state index >= 15 is 0 Å². The van der Waals surface area contributed by atoms with Gasteiger partial charge >= 0.3 is 0 Å². The molecule has 0 spiro atoms. The van der Waals surface area contributed by atoms with E-state index in [2.05, 4.69) is 5.10 Å². The molecule has 1 saturated heterocycles. The predicted molar refractivity (Wildman–Crippen MR) is 109 cm³/mol. The fourth-order valence-electron chi connectivity index (χ4n) is 3.60. The standard InChI is InChI=1S/C21H23N5O3/c1-14(27)25-8-10-26(11-9-25)21(28)17-12-19(15-4-6-16(29-3)7-5-15)23-20-18(17)13-22-24(20)2/h4-7,12-13H,8-11H2,1-3H3. The van der Waals surface area contributed by atoms with Crippen LogP contribution in [0.1, 0.15) is 17.3 Å². The van der Waals surface area contributed by atoms with Crippen molar-refractivity contribution in [3.63, 3.8) is 0 Å². The summed E-state index contributed by atoms with van der Waals surface area (Å²) in [5.41, 5.74) is 2.83. The van der Waals surface area contributed by atoms with Crippen LogP contribution >= 0.6 is 0 Å². The zero-order chi connectivity index (χ0) is 20.5. The van der Waals surface area contributed by atoms with E-state index in [1.807, 2.05) is 37.4 Å². The Bertz CT molecular complexity index is 1070. The quantitative estimate of drug-likeness (QED) is 0.679. The third-order valence-electron chi connectivity index (χ3n) is 5.33. The van der Waals surface area contributed by atoms with Gasteiger partial charge in [-0.1, -0.05) is 0 Å². The number of amides is 2. The summed E-state index contributed by atoms with van der Waals surface area (Å²) in [6.07, 6.45) is 1.68. The lowest BCUT2D eigenvalue weighted by Gasteiger charge is -2.34. The van der Waals surface area contributed by atoms with E-state index in [-0.39, 0.29) is 11.8 Å². The van der Waals surface area contributed by atoms with Gasteiger partial charge in [-0.25, -0.2) is 4.98 Å². The smallest absolute Gasteiger partial charge is 0.254 e. The van der Waals surface area contributed by atoms with E-state index < -0.39 is 0 Å². The third kappa shape index (κ3) is 3.53. The fourth-order valence-corrected chi connectivity index (χ4v) is 3.60. The number of nitrogens with zero attached hydrogens (tertiary/aromatic N) is 5. The van der Waals surface area contributed by atoms with Gasteiger partial charge in [0.05, 0.1) is 30.0 Å². The Morgan fingerprint density at radius 3 is 2.31 bits per heavy atom. The lowest BCUT2D eigenvalue weighted by atomic mass is 10.1. The predicted octanol–water partition coefficient (Wildman–Crippen LogP) is 1.95. The highest BCUT2D eigenvalue weighted by atomic mass is 16.5. The first-order valence-corrected chi connectivity index (χ1v) is 9.50. The van der Waals surface area contributed by atoms with Crippen molar-refractivity contribution < 1.29 is 14.3 Å². The zero-order valence-electron chi connectivity index (χ0n) is 16.8. The van der Waals surface area contributed by atoms with Crippen molar-refractivity contribution in [3.05, 3.63) is 42.1 Å². The Morgan fingerprint density at radius 2 is 1.69 bits per heavy atom. The number of aryl methyl sites for hydroxylation is 1. The molecule has 1 aliphatic heterocycles. The Labute approximate surface area is 168 Å². The van der Waals surface area contributed by atoms with E-state index in [4.69, 9.17) is 9.72 Å². The summed E-state index contributed by atoms with van der Waals surface area (Å²) in [5.74, 6) is 0.732. The molecular formula is C21H23N5O3. The van der Waals surface area contributed by atoms with Crippen molar-refractivity contribution in [2.45, 2.75) is 6.92 Å². The Hall–Kier alpha value is -3.42. The molecule has 150 valence electrons. The number of hydrogen-bond acceptors (Lipinski definition) is 5. The van der Waals surface area contributed by atoms with Crippen LogP contribution in [0, 0.1) is 0 Å². The maximum atomic E-state index is 13.3. The fraction of sp³-hybridized carbons (Fsp3) is 0.333. The first kappa shape index (κ1) is 18.9. The van der Waals surface area contributed by atoms with Gasteiger partial charge in [-0.3, -0.25) is 14.3 Å². The van der Waals surface area contributed by atoms with Crippen molar-refractivity contribution in [2.75, 3.05) is 33.3 Å². The molecule has 8 heteroatoms. The van der Waals surface area contributed by atoms with E-state index in [1.54, 1.807) is 34.7 Å². The molecule has 0 radical (unpaired) electrons. The number of pyridine rings is 1. The number of rotatable bonds is 3. The average Bonchev–Trinajstić information content (AvgIpc) is 3.13. The number of methoxy groups -OCH3 is 1. The van der Waals surface area contributed by atoms with Crippen LogP contribution in [0.2, 0.25) is 0 Å². The molecule has 0 unspecified atom stereocenters. The summed E-state index contributed by atoms with van der Waals surface area (Å²) in [4.78, 5) is 33.2. The topological polar surface area (TPSA) is 80.6 Å². The molecule has 2 amide bonds. The molecule has 4 rings (SSSR count).